The van der Waals surface area contributed by atoms with Gasteiger partial charge in [0.05, 0.1) is 0 Å². The minimum absolute atomic E-state index is 0.249. The molecule has 3 aromatic carbocycles. The molecule has 166 valence electrons. The van der Waals surface area contributed by atoms with Gasteiger partial charge in [-0.2, -0.15) is 0 Å². The number of halogens is 1. The molecule has 0 aliphatic rings. The van der Waals surface area contributed by atoms with Crippen molar-refractivity contribution in [3.8, 4) is 22.6 Å². The Morgan fingerprint density at radius 2 is 1.62 bits per heavy atom. The van der Waals surface area contributed by atoms with Crippen LogP contribution in [0.3, 0.4) is 0 Å². The van der Waals surface area contributed by atoms with Crippen LogP contribution in [0.1, 0.15) is 18.9 Å². The van der Waals surface area contributed by atoms with Crippen molar-refractivity contribution in [1.29, 1.82) is 0 Å². The number of nitrogens with one attached hydrogen (secondary N) is 2. The molecule has 0 radical (unpaired) electrons. The highest BCUT2D eigenvalue weighted by Crippen LogP contribution is 2.23. The van der Waals surface area contributed by atoms with E-state index in [0.29, 0.717) is 22.9 Å². The van der Waals surface area contributed by atoms with E-state index in [0.717, 1.165) is 16.7 Å². The molecular formula is C25H25ClN2O4. The van der Waals surface area contributed by atoms with Crippen molar-refractivity contribution in [1.82, 2.24) is 10.9 Å². The smallest absolute Gasteiger partial charge is 0.279 e. The van der Waals surface area contributed by atoms with Crippen molar-refractivity contribution in [2.75, 3.05) is 6.61 Å². The van der Waals surface area contributed by atoms with Crippen LogP contribution in [0, 0.1) is 6.92 Å². The Morgan fingerprint density at radius 1 is 0.938 bits per heavy atom. The Labute approximate surface area is 192 Å². The first kappa shape index (κ1) is 23.2. The Kier molecular flexibility index (Phi) is 8.11. The molecule has 0 aliphatic carbocycles. The van der Waals surface area contributed by atoms with E-state index >= 15 is 0 Å². The third-order valence-corrected chi connectivity index (χ3v) is 4.96. The summed E-state index contributed by atoms with van der Waals surface area (Å²) in [6.45, 7) is 3.41. The summed E-state index contributed by atoms with van der Waals surface area (Å²) < 4.78 is 11.3. The molecule has 1 unspecified atom stereocenters. The van der Waals surface area contributed by atoms with Gasteiger partial charge in [0.15, 0.2) is 12.7 Å². The SMILES string of the molecule is CCC(Oc1ccc(-c2ccccc2)cc1)C(=O)NNC(=O)COc1ccc(Cl)cc1C. The highest BCUT2D eigenvalue weighted by molar-refractivity contribution is 6.30. The lowest BCUT2D eigenvalue weighted by molar-refractivity contribution is -0.134. The van der Waals surface area contributed by atoms with Crippen molar-refractivity contribution in [3.05, 3.63) is 83.4 Å². The Morgan fingerprint density at radius 3 is 2.28 bits per heavy atom. The normalized spacial score (nSPS) is 11.3. The Balaban J connectivity index is 1.48. The highest BCUT2D eigenvalue weighted by Gasteiger charge is 2.19. The molecule has 3 rings (SSSR count). The van der Waals surface area contributed by atoms with E-state index in [-0.39, 0.29) is 6.61 Å². The number of aryl methyl sites for hydroxylation is 1. The van der Waals surface area contributed by atoms with Crippen LogP contribution in [-0.2, 0) is 9.59 Å². The van der Waals surface area contributed by atoms with Gasteiger partial charge in [0.2, 0.25) is 0 Å². The number of hydrogen-bond donors (Lipinski definition) is 2. The fraction of sp³-hybridized carbons (Fsp3) is 0.200. The fourth-order valence-electron chi connectivity index (χ4n) is 3.01. The Bertz CT molecular complexity index is 1060. The number of benzene rings is 3. The zero-order valence-corrected chi connectivity index (χ0v) is 18.7. The number of hydrazine groups is 1. The van der Waals surface area contributed by atoms with Crippen LogP contribution in [0.2, 0.25) is 5.02 Å². The molecule has 0 saturated carbocycles. The van der Waals surface area contributed by atoms with Crippen LogP contribution in [-0.4, -0.2) is 24.5 Å². The van der Waals surface area contributed by atoms with Crippen molar-refractivity contribution in [2.45, 2.75) is 26.4 Å². The first-order valence-corrected chi connectivity index (χ1v) is 10.6. The predicted octanol–water partition coefficient (Wildman–Crippen LogP) is 4.70. The molecule has 0 spiro atoms. The van der Waals surface area contributed by atoms with Gasteiger partial charge in [0, 0.05) is 5.02 Å². The summed E-state index contributed by atoms with van der Waals surface area (Å²) in [7, 11) is 0. The van der Waals surface area contributed by atoms with E-state index in [4.69, 9.17) is 21.1 Å². The molecule has 0 fully saturated rings. The minimum Gasteiger partial charge on any atom is -0.483 e. The standard InChI is InChI=1S/C25H25ClN2O4/c1-3-22(32-21-12-9-19(10-13-21)18-7-5-4-6-8-18)25(30)28-27-24(29)16-31-23-14-11-20(26)15-17(23)2/h4-15,22H,3,16H2,1-2H3,(H,27,29)(H,28,30). The van der Waals surface area contributed by atoms with Gasteiger partial charge >= 0.3 is 0 Å². The number of hydrogen-bond acceptors (Lipinski definition) is 4. The zero-order chi connectivity index (χ0) is 22.9. The molecule has 3 aromatic rings. The monoisotopic (exact) mass is 452 g/mol. The van der Waals surface area contributed by atoms with Crippen molar-refractivity contribution < 1.29 is 19.1 Å². The molecule has 1 atom stereocenters. The first-order valence-electron chi connectivity index (χ1n) is 10.3. The van der Waals surface area contributed by atoms with E-state index < -0.39 is 17.9 Å². The van der Waals surface area contributed by atoms with Crippen LogP contribution in [0.4, 0.5) is 0 Å². The maximum absolute atomic E-state index is 12.4. The average molecular weight is 453 g/mol. The highest BCUT2D eigenvalue weighted by atomic mass is 35.5. The summed E-state index contributed by atoms with van der Waals surface area (Å²) in [6.07, 6.45) is -0.319. The van der Waals surface area contributed by atoms with Gasteiger partial charge in [0.1, 0.15) is 11.5 Å². The molecule has 0 aliphatic heterocycles. The molecular weight excluding hydrogens is 428 g/mol. The van der Waals surface area contributed by atoms with Crippen LogP contribution >= 0.6 is 11.6 Å². The second-order valence-electron chi connectivity index (χ2n) is 7.14. The van der Waals surface area contributed by atoms with Crippen LogP contribution in [0.25, 0.3) is 11.1 Å². The molecule has 0 heterocycles. The van der Waals surface area contributed by atoms with E-state index in [1.54, 1.807) is 18.2 Å². The summed E-state index contributed by atoms with van der Waals surface area (Å²) >= 11 is 5.91. The quantitative estimate of drug-likeness (QED) is 0.486. The summed E-state index contributed by atoms with van der Waals surface area (Å²) in [4.78, 5) is 24.5. The van der Waals surface area contributed by atoms with Gasteiger partial charge in [-0.3, -0.25) is 20.4 Å². The van der Waals surface area contributed by atoms with Crippen molar-refractivity contribution in [3.63, 3.8) is 0 Å². The van der Waals surface area contributed by atoms with Gasteiger partial charge in [-0.05, 0) is 60.4 Å². The van der Waals surface area contributed by atoms with Gasteiger partial charge in [-0.15, -0.1) is 0 Å². The Hall–Kier alpha value is -3.51. The van der Waals surface area contributed by atoms with E-state index in [2.05, 4.69) is 10.9 Å². The van der Waals surface area contributed by atoms with Gasteiger partial charge in [-0.1, -0.05) is 61.0 Å². The van der Waals surface area contributed by atoms with Gasteiger partial charge in [0.25, 0.3) is 11.8 Å². The lowest BCUT2D eigenvalue weighted by Crippen LogP contribution is -2.49. The fourth-order valence-corrected chi connectivity index (χ4v) is 3.24. The van der Waals surface area contributed by atoms with Crippen LogP contribution in [0.15, 0.2) is 72.8 Å². The van der Waals surface area contributed by atoms with Gasteiger partial charge in [-0.25, -0.2) is 0 Å². The number of carbonyl (C=O) groups is 2. The van der Waals surface area contributed by atoms with E-state index in [1.807, 2.05) is 68.4 Å². The number of amides is 2. The van der Waals surface area contributed by atoms with E-state index in [1.165, 1.54) is 0 Å². The zero-order valence-electron chi connectivity index (χ0n) is 17.9. The number of rotatable bonds is 8. The maximum atomic E-state index is 12.4. The maximum Gasteiger partial charge on any atom is 0.279 e. The van der Waals surface area contributed by atoms with E-state index in [9.17, 15) is 9.59 Å². The lowest BCUT2D eigenvalue weighted by Gasteiger charge is -2.18. The van der Waals surface area contributed by atoms with Gasteiger partial charge < -0.3 is 9.47 Å². The third-order valence-electron chi connectivity index (χ3n) is 4.72. The first-order chi connectivity index (χ1) is 15.5. The number of carbonyl (C=O) groups excluding carboxylic acids is 2. The molecule has 2 amide bonds. The summed E-state index contributed by atoms with van der Waals surface area (Å²) in [5.41, 5.74) is 7.70. The largest absolute Gasteiger partial charge is 0.483 e. The average Bonchev–Trinajstić information content (AvgIpc) is 2.81. The summed E-state index contributed by atoms with van der Waals surface area (Å²) in [5, 5.41) is 0.590. The molecule has 2 N–H and O–H groups in total. The molecule has 0 bridgehead atoms. The molecule has 0 aromatic heterocycles. The number of ether oxygens (including phenoxy) is 2. The molecule has 32 heavy (non-hydrogen) atoms. The van der Waals surface area contributed by atoms with Crippen LogP contribution < -0.4 is 20.3 Å². The third kappa shape index (κ3) is 6.49. The predicted molar refractivity (Wildman–Crippen MR) is 125 cm³/mol. The second kappa shape index (κ2) is 11.2. The molecule has 7 heteroatoms. The topological polar surface area (TPSA) is 76.7 Å². The van der Waals surface area contributed by atoms with Crippen molar-refractivity contribution in [2.24, 2.45) is 0 Å². The molecule has 0 saturated heterocycles. The second-order valence-corrected chi connectivity index (χ2v) is 7.58. The lowest BCUT2D eigenvalue weighted by atomic mass is 10.1. The summed E-state index contributed by atoms with van der Waals surface area (Å²) in [6, 6.07) is 22.6. The van der Waals surface area contributed by atoms with Crippen molar-refractivity contribution >= 4 is 23.4 Å². The van der Waals surface area contributed by atoms with Crippen LogP contribution in [0.5, 0.6) is 11.5 Å². The minimum atomic E-state index is -0.752. The molecule has 6 nitrogen and oxygen atoms in total. The summed E-state index contributed by atoms with van der Waals surface area (Å²) in [5.74, 6) is 0.176.